The van der Waals surface area contributed by atoms with Gasteiger partial charge < -0.3 is 4.57 Å². The Bertz CT molecular complexity index is 620. The van der Waals surface area contributed by atoms with Gasteiger partial charge in [0.1, 0.15) is 0 Å². The third-order valence-electron chi connectivity index (χ3n) is 5.29. The van der Waals surface area contributed by atoms with E-state index >= 15 is 0 Å². The Labute approximate surface area is 133 Å². The molecule has 0 spiro atoms. The van der Waals surface area contributed by atoms with E-state index in [-0.39, 0.29) is 12.4 Å². The molecule has 0 N–H and O–H groups in total. The molecule has 21 heavy (non-hydrogen) atoms. The number of aromatic nitrogens is 2. The topological polar surface area (TPSA) is 17.8 Å². The summed E-state index contributed by atoms with van der Waals surface area (Å²) >= 11 is 0. The molecule has 0 unspecified atom stereocenters. The highest BCUT2D eigenvalue weighted by molar-refractivity contribution is 5.85. The molecule has 2 aliphatic carbocycles. The van der Waals surface area contributed by atoms with Crippen molar-refractivity contribution in [2.45, 2.75) is 51.0 Å². The fourth-order valence-electron chi connectivity index (χ4n) is 4.65. The third kappa shape index (κ3) is 2.50. The van der Waals surface area contributed by atoms with Crippen molar-refractivity contribution in [3.05, 3.63) is 53.6 Å². The van der Waals surface area contributed by atoms with Crippen LogP contribution in [0.2, 0.25) is 0 Å². The van der Waals surface area contributed by atoms with Gasteiger partial charge in [-0.05, 0) is 60.1 Å². The summed E-state index contributed by atoms with van der Waals surface area (Å²) in [6.07, 6.45) is 12.5. The summed E-state index contributed by atoms with van der Waals surface area (Å²) in [5.41, 5.74) is 5.35. The Morgan fingerprint density at radius 1 is 1.33 bits per heavy atom. The number of rotatable bonds is 2. The lowest BCUT2D eigenvalue weighted by atomic mass is 9.61. The summed E-state index contributed by atoms with van der Waals surface area (Å²) in [4.78, 5) is 4.18. The number of aryl methyl sites for hydroxylation is 1. The van der Waals surface area contributed by atoms with Crippen molar-refractivity contribution in [3.63, 3.8) is 0 Å². The average molecular weight is 303 g/mol. The maximum absolute atomic E-state index is 4.18. The Morgan fingerprint density at radius 3 is 3.00 bits per heavy atom. The molecular formula is C18H23ClN2. The molecule has 0 radical (unpaired) electrons. The second-order valence-electron chi connectivity index (χ2n) is 6.90. The van der Waals surface area contributed by atoms with Gasteiger partial charge in [0.05, 0.1) is 6.33 Å². The summed E-state index contributed by atoms with van der Waals surface area (Å²) in [5, 5.41) is 0. The Hall–Kier alpha value is -1.28. The zero-order chi connectivity index (χ0) is 13.6. The average Bonchev–Trinajstić information content (AvgIpc) is 2.91. The molecule has 0 amide bonds. The summed E-state index contributed by atoms with van der Waals surface area (Å²) in [5.74, 6) is 0.745. The highest BCUT2D eigenvalue weighted by atomic mass is 35.5. The van der Waals surface area contributed by atoms with E-state index in [0.29, 0.717) is 5.41 Å². The minimum atomic E-state index is 0. The molecular weight excluding hydrogens is 280 g/mol. The number of halogens is 1. The van der Waals surface area contributed by atoms with Crippen LogP contribution in [0.4, 0.5) is 0 Å². The van der Waals surface area contributed by atoms with Gasteiger partial charge in [-0.15, -0.1) is 12.4 Å². The molecule has 1 heterocycles. The van der Waals surface area contributed by atoms with Crippen molar-refractivity contribution in [2.24, 2.45) is 5.92 Å². The van der Waals surface area contributed by atoms with Crippen molar-refractivity contribution >= 4 is 12.4 Å². The second kappa shape index (κ2) is 5.49. The number of hydrogen-bond donors (Lipinski definition) is 0. The first-order valence-electron chi connectivity index (χ1n) is 7.82. The summed E-state index contributed by atoms with van der Waals surface area (Å²) in [6, 6.07) is 6.98. The highest BCUT2D eigenvalue weighted by Gasteiger charge is 2.39. The molecule has 3 heteroatoms. The highest BCUT2D eigenvalue weighted by Crippen LogP contribution is 2.47. The van der Waals surface area contributed by atoms with Crippen LogP contribution in [0.3, 0.4) is 0 Å². The molecule has 112 valence electrons. The van der Waals surface area contributed by atoms with Gasteiger partial charge >= 0.3 is 0 Å². The molecule has 0 fully saturated rings. The van der Waals surface area contributed by atoms with Gasteiger partial charge in [-0.3, -0.25) is 0 Å². The van der Waals surface area contributed by atoms with Crippen LogP contribution >= 0.6 is 12.4 Å². The van der Waals surface area contributed by atoms with Crippen molar-refractivity contribution in [2.75, 3.05) is 0 Å². The van der Waals surface area contributed by atoms with E-state index in [1.165, 1.54) is 32.1 Å². The van der Waals surface area contributed by atoms with E-state index in [1.807, 2.05) is 12.5 Å². The maximum Gasteiger partial charge on any atom is 0.0945 e. The van der Waals surface area contributed by atoms with Gasteiger partial charge in [-0.1, -0.05) is 25.1 Å². The summed E-state index contributed by atoms with van der Waals surface area (Å²) < 4.78 is 2.24. The maximum atomic E-state index is 4.18. The van der Waals surface area contributed by atoms with Crippen molar-refractivity contribution in [1.29, 1.82) is 0 Å². The molecule has 2 aromatic rings. The standard InChI is InChI=1S/C18H22N2.ClH/c1-18-7-3-6-15-4-2-5-16(17(15)18)10-14(11-18)12-20-9-8-19-13-20;/h2,4-5,8-9,13-14H,3,6-7,10-12H2,1H3;1H/t14-,18+;/m0./s1. The van der Waals surface area contributed by atoms with Crippen LogP contribution in [0.1, 0.15) is 42.9 Å². The molecule has 2 atom stereocenters. The lowest BCUT2D eigenvalue weighted by Crippen LogP contribution is -2.37. The minimum absolute atomic E-state index is 0. The van der Waals surface area contributed by atoms with Crippen LogP contribution in [0, 0.1) is 5.92 Å². The fourth-order valence-corrected chi connectivity index (χ4v) is 4.65. The zero-order valence-electron chi connectivity index (χ0n) is 12.6. The number of benzene rings is 1. The quantitative estimate of drug-likeness (QED) is 0.814. The van der Waals surface area contributed by atoms with Gasteiger partial charge in [0.25, 0.3) is 0 Å². The predicted molar refractivity (Wildman–Crippen MR) is 88.0 cm³/mol. The lowest BCUT2D eigenvalue weighted by Gasteiger charge is -2.44. The van der Waals surface area contributed by atoms with Gasteiger partial charge in [0.15, 0.2) is 0 Å². The number of hydrogen-bond acceptors (Lipinski definition) is 1. The van der Waals surface area contributed by atoms with Gasteiger partial charge in [0, 0.05) is 18.9 Å². The SMILES string of the molecule is C[C@]12CCCc3cccc(c31)C[C@H](Cn1ccnc1)C2.Cl. The Morgan fingerprint density at radius 2 is 2.19 bits per heavy atom. The molecule has 2 nitrogen and oxygen atoms in total. The van der Waals surface area contributed by atoms with E-state index in [1.54, 1.807) is 16.7 Å². The molecule has 2 aliphatic rings. The molecule has 4 rings (SSSR count). The molecule has 0 aliphatic heterocycles. The van der Waals surface area contributed by atoms with Gasteiger partial charge in [-0.2, -0.15) is 0 Å². The van der Waals surface area contributed by atoms with Crippen molar-refractivity contribution < 1.29 is 0 Å². The third-order valence-corrected chi connectivity index (χ3v) is 5.29. The number of nitrogens with zero attached hydrogens (tertiary/aromatic N) is 2. The van der Waals surface area contributed by atoms with Crippen LogP contribution in [0.5, 0.6) is 0 Å². The first-order chi connectivity index (χ1) is 9.74. The van der Waals surface area contributed by atoms with Crippen LogP contribution in [-0.2, 0) is 24.8 Å². The second-order valence-corrected chi connectivity index (χ2v) is 6.90. The monoisotopic (exact) mass is 302 g/mol. The van der Waals surface area contributed by atoms with E-state index in [0.717, 1.165) is 12.5 Å². The Kier molecular flexibility index (Phi) is 3.83. The molecule has 0 saturated carbocycles. The van der Waals surface area contributed by atoms with Crippen LogP contribution in [0.15, 0.2) is 36.9 Å². The smallest absolute Gasteiger partial charge is 0.0945 e. The predicted octanol–water partition coefficient (Wildman–Crippen LogP) is 4.16. The first kappa shape index (κ1) is 14.6. The largest absolute Gasteiger partial charge is 0.337 e. The van der Waals surface area contributed by atoms with E-state index in [9.17, 15) is 0 Å². The minimum Gasteiger partial charge on any atom is -0.337 e. The Balaban J connectivity index is 0.00000132. The van der Waals surface area contributed by atoms with Gasteiger partial charge in [0.2, 0.25) is 0 Å². The van der Waals surface area contributed by atoms with Crippen LogP contribution < -0.4 is 0 Å². The summed E-state index contributed by atoms with van der Waals surface area (Å²) in [7, 11) is 0. The fraction of sp³-hybridized carbons (Fsp3) is 0.500. The lowest BCUT2D eigenvalue weighted by molar-refractivity contribution is 0.251. The number of imidazole rings is 1. The molecule has 1 aromatic carbocycles. The normalized spacial score (nSPS) is 26.8. The van der Waals surface area contributed by atoms with Gasteiger partial charge in [-0.25, -0.2) is 4.98 Å². The van der Waals surface area contributed by atoms with E-state index < -0.39 is 0 Å². The first-order valence-corrected chi connectivity index (χ1v) is 7.82. The van der Waals surface area contributed by atoms with E-state index in [2.05, 4.69) is 40.9 Å². The molecule has 0 saturated heterocycles. The zero-order valence-corrected chi connectivity index (χ0v) is 13.4. The van der Waals surface area contributed by atoms with Crippen molar-refractivity contribution in [3.8, 4) is 0 Å². The van der Waals surface area contributed by atoms with Crippen LogP contribution in [0.25, 0.3) is 0 Å². The summed E-state index contributed by atoms with van der Waals surface area (Å²) in [6.45, 7) is 3.60. The van der Waals surface area contributed by atoms with Crippen LogP contribution in [-0.4, -0.2) is 9.55 Å². The van der Waals surface area contributed by atoms with Crippen molar-refractivity contribution in [1.82, 2.24) is 9.55 Å². The van der Waals surface area contributed by atoms with E-state index in [4.69, 9.17) is 0 Å². The molecule has 1 aromatic heterocycles. The molecule has 0 bridgehead atoms.